The molecule has 0 spiro atoms. The predicted octanol–water partition coefficient (Wildman–Crippen LogP) is 3.21. The van der Waals surface area contributed by atoms with Crippen molar-refractivity contribution in [3.63, 3.8) is 0 Å². The lowest BCUT2D eigenvalue weighted by molar-refractivity contribution is 0.0494. The van der Waals surface area contributed by atoms with Crippen LogP contribution in [-0.4, -0.2) is 42.8 Å². The minimum atomic E-state index is -0.946. The molecule has 1 heterocycles. The molecule has 2 amide bonds. The molecule has 0 radical (unpaired) electrons. The maximum atomic E-state index is 13.4. The van der Waals surface area contributed by atoms with Gasteiger partial charge < -0.3 is 9.47 Å². The predicted molar refractivity (Wildman–Crippen MR) is 99.4 cm³/mol. The molecular formula is C21H21NO5. The summed E-state index contributed by atoms with van der Waals surface area (Å²) in [7, 11) is 2.93. The summed E-state index contributed by atoms with van der Waals surface area (Å²) >= 11 is 0. The van der Waals surface area contributed by atoms with Gasteiger partial charge in [-0.05, 0) is 30.2 Å². The van der Waals surface area contributed by atoms with Gasteiger partial charge in [0, 0.05) is 0 Å². The van der Waals surface area contributed by atoms with Crippen molar-refractivity contribution < 1.29 is 23.9 Å². The molecule has 140 valence electrons. The van der Waals surface area contributed by atoms with Gasteiger partial charge in [-0.1, -0.05) is 32.0 Å². The number of imide groups is 1. The van der Waals surface area contributed by atoms with Gasteiger partial charge >= 0.3 is 0 Å². The van der Waals surface area contributed by atoms with Gasteiger partial charge in [0.15, 0.2) is 17.3 Å². The third-order valence-corrected chi connectivity index (χ3v) is 4.67. The number of hydrogen-bond donors (Lipinski definition) is 0. The second-order valence-electron chi connectivity index (χ2n) is 6.62. The summed E-state index contributed by atoms with van der Waals surface area (Å²) in [4.78, 5) is 40.2. The molecule has 1 aliphatic heterocycles. The first-order valence-corrected chi connectivity index (χ1v) is 8.64. The van der Waals surface area contributed by atoms with Gasteiger partial charge in [-0.3, -0.25) is 19.3 Å². The van der Waals surface area contributed by atoms with Gasteiger partial charge in [-0.2, -0.15) is 0 Å². The average Bonchev–Trinajstić information content (AvgIpc) is 2.92. The van der Waals surface area contributed by atoms with E-state index in [0.717, 1.165) is 4.90 Å². The number of fused-ring (bicyclic) bond motifs is 1. The number of ether oxygens (including phenoxy) is 2. The van der Waals surface area contributed by atoms with Crippen LogP contribution in [0.15, 0.2) is 42.5 Å². The largest absolute Gasteiger partial charge is 0.493 e. The highest BCUT2D eigenvalue weighted by Crippen LogP contribution is 2.35. The smallest absolute Gasteiger partial charge is 0.262 e. The molecule has 2 aromatic rings. The van der Waals surface area contributed by atoms with Crippen molar-refractivity contribution in [1.29, 1.82) is 0 Å². The van der Waals surface area contributed by atoms with Gasteiger partial charge in [0.2, 0.25) is 0 Å². The van der Waals surface area contributed by atoms with Crippen molar-refractivity contribution >= 4 is 17.6 Å². The van der Waals surface area contributed by atoms with Crippen molar-refractivity contribution in [1.82, 2.24) is 4.90 Å². The summed E-state index contributed by atoms with van der Waals surface area (Å²) in [5.74, 6) is -0.861. The lowest BCUT2D eigenvalue weighted by atomic mass is 9.92. The van der Waals surface area contributed by atoms with E-state index in [4.69, 9.17) is 9.47 Å². The summed E-state index contributed by atoms with van der Waals surface area (Å²) < 4.78 is 10.6. The van der Waals surface area contributed by atoms with Crippen LogP contribution in [0, 0.1) is 5.92 Å². The van der Waals surface area contributed by atoms with E-state index in [1.165, 1.54) is 14.2 Å². The normalized spacial score (nSPS) is 14.3. The minimum Gasteiger partial charge on any atom is -0.493 e. The fourth-order valence-electron chi connectivity index (χ4n) is 3.42. The van der Waals surface area contributed by atoms with Crippen LogP contribution in [0.2, 0.25) is 0 Å². The third-order valence-electron chi connectivity index (χ3n) is 4.67. The average molecular weight is 367 g/mol. The number of hydrogen-bond acceptors (Lipinski definition) is 5. The number of Topliss-reactive ketones (excluding diaryl/α,β-unsaturated/α-hetero) is 1. The summed E-state index contributed by atoms with van der Waals surface area (Å²) in [6.07, 6.45) is 0. The van der Waals surface area contributed by atoms with Gasteiger partial charge in [0.1, 0.15) is 6.04 Å². The number of rotatable bonds is 6. The van der Waals surface area contributed by atoms with Crippen molar-refractivity contribution in [2.24, 2.45) is 5.92 Å². The molecule has 0 saturated heterocycles. The van der Waals surface area contributed by atoms with Crippen LogP contribution in [0.1, 0.15) is 44.9 Å². The molecule has 27 heavy (non-hydrogen) atoms. The molecule has 3 rings (SSSR count). The molecule has 0 saturated carbocycles. The van der Waals surface area contributed by atoms with Crippen molar-refractivity contribution in [2.75, 3.05) is 14.2 Å². The first-order valence-electron chi connectivity index (χ1n) is 8.64. The highest BCUT2D eigenvalue weighted by molar-refractivity contribution is 6.23. The Bertz CT molecular complexity index is 884. The molecule has 1 atom stereocenters. The fraction of sp³-hybridized carbons (Fsp3) is 0.286. The zero-order valence-corrected chi connectivity index (χ0v) is 15.7. The Morgan fingerprint density at radius 2 is 1.48 bits per heavy atom. The van der Waals surface area contributed by atoms with Crippen molar-refractivity contribution in [3.8, 4) is 11.5 Å². The van der Waals surface area contributed by atoms with Crippen LogP contribution in [0.25, 0.3) is 0 Å². The van der Waals surface area contributed by atoms with E-state index in [2.05, 4.69) is 0 Å². The van der Waals surface area contributed by atoms with Gasteiger partial charge in [-0.25, -0.2) is 0 Å². The van der Waals surface area contributed by atoms with E-state index in [-0.39, 0.29) is 23.0 Å². The number of carbonyl (C=O) groups is 3. The second kappa shape index (κ2) is 7.23. The lowest BCUT2D eigenvalue weighted by Crippen LogP contribution is -2.48. The van der Waals surface area contributed by atoms with E-state index in [9.17, 15) is 14.4 Å². The molecule has 0 aliphatic carbocycles. The Morgan fingerprint density at radius 1 is 0.889 bits per heavy atom. The molecule has 0 fully saturated rings. The van der Waals surface area contributed by atoms with Crippen molar-refractivity contribution in [3.05, 3.63) is 59.2 Å². The number of benzene rings is 2. The summed E-state index contributed by atoms with van der Waals surface area (Å²) in [5, 5.41) is 0. The minimum absolute atomic E-state index is 0.270. The Kier molecular flexibility index (Phi) is 4.99. The third kappa shape index (κ3) is 2.97. The van der Waals surface area contributed by atoms with Crippen LogP contribution < -0.4 is 9.47 Å². The Balaban J connectivity index is 2.07. The molecule has 6 nitrogen and oxygen atoms in total. The number of carbonyl (C=O) groups excluding carboxylic acids is 3. The number of ketones is 1. The topological polar surface area (TPSA) is 72.9 Å². The molecule has 0 aromatic heterocycles. The van der Waals surface area contributed by atoms with E-state index < -0.39 is 17.9 Å². The van der Waals surface area contributed by atoms with Crippen LogP contribution in [0.3, 0.4) is 0 Å². The fourth-order valence-corrected chi connectivity index (χ4v) is 3.42. The summed E-state index contributed by atoms with van der Waals surface area (Å²) in [5.41, 5.74) is 0.907. The second-order valence-corrected chi connectivity index (χ2v) is 6.62. The summed E-state index contributed by atoms with van der Waals surface area (Å²) in [6.45, 7) is 3.61. The first-order chi connectivity index (χ1) is 12.9. The van der Waals surface area contributed by atoms with Crippen LogP contribution >= 0.6 is 0 Å². The van der Waals surface area contributed by atoms with Crippen molar-refractivity contribution in [2.45, 2.75) is 19.9 Å². The van der Waals surface area contributed by atoms with E-state index >= 15 is 0 Å². The maximum absolute atomic E-state index is 13.4. The number of methoxy groups -OCH3 is 2. The van der Waals surface area contributed by atoms with Gasteiger partial charge in [-0.15, -0.1) is 0 Å². The number of para-hydroxylation sites is 1. The standard InChI is InChI=1S/C21H21NO5/c1-12(2)17(18(23)15-10-7-11-16(26-3)19(15)27-4)22-20(24)13-8-5-6-9-14(13)21(22)25/h5-12,17H,1-4H3. The monoisotopic (exact) mass is 367 g/mol. The van der Waals surface area contributed by atoms with Crippen LogP contribution in [0.4, 0.5) is 0 Å². The molecule has 1 aliphatic rings. The Labute approximate surface area is 157 Å². The number of amides is 2. The first kappa shape index (κ1) is 18.6. The highest BCUT2D eigenvalue weighted by atomic mass is 16.5. The highest BCUT2D eigenvalue weighted by Gasteiger charge is 2.44. The molecule has 1 unspecified atom stereocenters. The SMILES string of the molecule is COc1cccc(C(=O)C(C(C)C)N2C(=O)c3ccccc3C2=O)c1OC. The molecule has 6 heteroatoms. The van der Waals surface area contributed by atoms with Crippen LogP contribution in [-0.2, 0) is 0 Å². The van der Waals surface area contributed by atoms with Crippen LogP contribution in [0.5, 0.6) is 11.5 Å². The quantitative estimate of drug-likeness (QED) is 0.579. The zero-order chi connectivity index (χ0) is 19.7. The zero-order valence-electron chi connectivity index (χ0n) is 15.7. The molecule has 0 bridgehead atoms. The number of nitrogens with zero attached hydrogens (tertiary/aromatic N) is 1. The molecule has 2 aromatic carbocycles. The lowest BCUT2D eigenvalue weighted by Gasteiger charge is -2.29. The maximum Gasteiger partial charge on any atom is 0.262 e. The van der Waals surface area contributed by atoms with E-state index in [0.29, 0.717) is 16.9 Å². The van der Waals surface area contributed by atoms with Gasteiger partial charge in [0.25, 0.3) is 11.8 Å². The van der Waals surface area contributed by atoms with E-state index in [1.54, 1.807) is 56.3 Å². The van der Waals surface area contributed by atoms with Gasteiger partial charge in [0.05, 0.1) is 30.9 Å². The van der Waals surface area contributed by atoms with E-state index in [1.807, 2.05) is 0 Å². The molecular weight excluding hydrogens is 346 g/mol. The summed E-state index contributed by atoms with van der Waals surface area (Å²) in [6, 6.07) is 10.6. The Morgan fingerprint density at radius 3 is 1.96 bits per heavy atom. The Hall–Kier alpha value is -3.15. The molecule has 0 N–H and O–H groups in total.